The zero-order chi connectivity index (χ0) is 12.5. The number of hydrogen-bond donors (Lipinski definition) is 1. The van der Waals surface area contributed by atoms with Crippen molar-refractivity contribution in [2.45, 2.75) is 13.3 Å². The summed E-state index contributed by atoms with van der Waals surface area (Å²) in [4.78, 5) is 23.0. The highest BCUT2D eigenvalue weighted by Crippen LogP contribution is 2.12. The first-order chi connectivity index (χ1) is 8.78. The maximum atomic E-state index is 11.9. The van der Waals surface area contributed by atoms with Gasteiger partial charge in [0.1, 0.15) is 0 Å². The Labute approximate surface area is 102 Å². The maximum absolute atomic E-state index is 11.9. The Morgan fingerprint density at radius 1 is 1.28 bits per heavy atom. The normalized spacial score (nSPS) is 10.9. The molecular formula is C12H10N4O2. The fraction of sp³-hybridized carbons (Fsp3) is 0.167. The first-order valence-electron chi connectivity index (χ1n) is 5.60. The Kier molecular flexibility index (Phi) is 2.40. The Morgan fingerprint density at radius 2 is 2.11 bits per heavy atom. The quantitative estimate of drug-likeness (QED) is 0.736. The molecule has 1 N–H and O–H groups in total. The molecule has 0 saturated carbocycles. The molecule has 0 bridgehead atoms. The fourth-order valence-electron chi connectivity index (χ4n) is 1.68. The molecule has 90 valence electrons. The smallest absolute Gasteiger partial charge is 0.278 e. The highest BCUT2D eigenvalue weighted by molar-refractivity contribution is 5.75. The van der Waals surface area contributed by atoms with Crippen LogP contribution in [0, 0.1) is 0 Å². The Bertz CT molecular complexity index is 760. The zero-order valence-electron chi connectivity index (χ0n) is 9.67. The van der Waals surface area contributed by atoms with Gasteiger partial charge in [0.25, 0.3) is 5.56 Å². The van der Waals surface area contributed by atoms with Crippen LogP contribution in [0.1, 0.15) is 12.8 Å². The summed E-state index contributed by atoms with van der Waals surface area (Å²) in [6.45, 7) is 1.90. The lowest BCUT2D eigenvalue weighted by atomic mass is 10.3. The van der Waals surface area contributed by atoms with Crippen LogP contribution in [0.2, 0.25) is 0 Å². The van der Waals surface area contributed by atoms with Crippen LogP contribution in [-0.4, -0.2) is 20.1 Å². The second kappa shape index (κ2) is 4.06. The lowest BCUT2D eigenvalue weighted by Gasteiger charge is -1.97. The van der Waals surface area contributed by atoms with Gasteiger partial charge in [0.2, 0.25) is 11.7 Å². The van der Waals surface area contributed by atoms with E-state index in [0.29, 0.717) is 23.3 Å². The number of nitrogens with one attached hydrogen (secondary N) is 1. The third kappa shape index (κ3) is 1.67. The van der Waals surface area contributed by atoms with Gasteiger partial charge < -0.3 is 9.51 Å². The van der Waals surface area contributed by atoms with Crippen LogP contribution in [0.25, 0.3) is 22.6 Å². The van der Waals surface area contributed by atoms with Crippen molar-refractivity contribution >= 4 is 11.0 Å². The zero-order valence-corrected chi connectivity index (χ0v) is 9.67. The van der Waals surface area contributed by atoms with Crippen molar-refractivity contribution in [3.63, 3.8) is 0 Å². The second-order valence-electron chi connectivity index (χ2n) is 3.80. The third-order valence-corrected chi connectivity index (χ3v) is 2.58. The van der Waals surface area contributed by atoms with Gasteiger partial charge in [-0.25, -0.2) is 4.98 Å². The molecule has 0 atom stereocenters. The summed E-state index contributed by atoms with van der Waals surface area (Å²) in [5.41, 5.74) is 1.23. The Morgan fingerprint density at radius 3 is 2.89 bits per heavy atom. The van der Waals surface area contributed by atoms with E-state index in [0.717, 1.165) is 0 Å². The standard InChI is InChI=1S/C12H10N4O2/c1-2-9-15-11(16-18-9)10-12(17)14-8-6-4-3-5-7(8)13-10/h3-6H,2H2,1H3,(H,14,17). The average molecular weight is 242 g/mol. The van der Waals surface area contributed by atoms with Crippen LogP contribution in [-0.2, 0) is 6.42 Å². The van der Waals surface area contributed by atoms with Crippen molar-refractivity contribution in [2.75, 3.05) is 0 Å². The van der Waals surface area contributed by atoms with Gasteiger partial charge in [-0.15, -0.1) is 0 Å². The lowest BCUT2D eigenvalue weighted by molar-refractivity contribution is 0.382. The average Bonchev–Trinajstić information content (AvgIpc) is 2.86. The SMILES string of the molecule is CCc1nc(-c2nc3ccccc3[nH]c2=O)no1. The molecule has 0 aliphatic rings. The minimum Gasteiger partial charge on any atom is -0.339 e. The van der Waals surface area contributed by atoms with Crippen molar-refractivity contribution < 1.29 is 4.52 Å². The molecule has 3 rings (SSSR count). The minimum atomic E-state index is -0.322. The van der Waals surface area contributed by atoms with Gasteiger partial charge in [-0.1, -0.05) is 24.2 Å². The minimum absolute atomic E-state index is 0.178. The summed E-state index contributed by atoms with van der Waals surface area (Å²) in [6, 6.07) is 7.30. The summed E-state index contributed by atoms with van der Waals surface area (Å²) < 4.78 is 4.98. The summed E-state index contributed by atoms with van der Waals surface area (Å²) in [6.07, 6.45) is 0.623. The van der Waals surface area contributed by atoms with E-state index >= 15 is 0 Å². The maximum Gasteiger partial charge on any atom is 0.278 e. The number of aryl methyl sites for hydroxylation is 1. The summed E-state index contributed by atoms with van der Waals surface area (Å²) in [5.74, 6) is 0.707. The molecule has 0 aliphatic heterocycles. The molecule has 2 heterocycles. The molecular weight excluding hydrogens is 232 g/mol. The van der Waals surface area contributed by atoms with Crippen LogP contribution in [0.3, 0.4) is 0 Å². The number of para-hydroxylation sites is 2. The molecule has 0 amide bonds. The predicted molar refractivity (Wildman–Crippen MR) is 65.0 cm³/mol. The van der Waals surface area contributed by atoms with E-state index in [1.165, 1.54) is 0 Å². The van der Waals surface area contributed by atoms with Gasteiger partial charge in [0.05, 0.1) is 11.0 Å². The summed E-state index contributed by atoms with van der Waals surface area (Å²) >= 11 is 0. The van der Waals surface area contributed by atoms with Gasteiger partial charge in [-0.05, 0) is 12.1 Å². The van der Waals surface area contributed by atoms with Crippen molar-refractivity contribution in [2.24, 2.45) is 0 Å². The van der Waals surface area contributed by atoms with Crippen LogP contribution >= 0.6 is 0 Å². The van der Waals surface area contributed by atoms with E-state index in [9.17, 15) is 4.79 Å². The molecule has 0 fully saturated rings. The number of aromatic nitrogens is 4. The topological polar surface area (TPSA) is 84.7 Å². The van der Waals surface area contributed by atoms with Gasteiger partial charge >= 0.3 is 0 Å². The summed E-state index contributed by atoms with van der Waals surface area (Å²) in [5, 5.41) is 3.76. The molecule has 0 saturated heterocycles. The molecule has 18 heavy (non-hydrogen) atoms. The second-order valence-corrected chi connectivity index (χ2v) is 3.80. The van der Waals surface area contributed by atoms with Crippen molar-refractivity contribution in [3.8, 4) is 11.5 Å². The van der Waals surface area contributed by atoms with Gasteiger partial charge in [0.15, 0.2) is 5.69 Å². The van der Waals surface area contributed by atoms with Crippen LogP contribution in [0.15, 0.2) is 33.6 Å². The van der Waals surface area contributed by atoms with Gasteiger partial charge in [-0.3, -0.25) is 4.79 Å². The Balaban J connectivity index is 2.22. The molecule has 6 heteroatoms. The summed E-state index contributed by atoms with van der Waals surface area (Å²) in [7, 11) is 0. The molecule has 1 aromatic carbocycles. The highest BCUT2D eigenvalue weighted by Gasteiger charge is 2.13. The number of rotatable bonds is 2. The third-order valence-electron chi connectivity index (χ3n) is 2.58. The largest absolute Gasteiger partial charge is 0.339 e. The first kappa shape index (κ1) is 10.6. The number of aromatic amines is 1. The number of benzene rings is 1. The number of fused-ring (bicyclic) bond motifs is 1. The van der Waals surface area contributed by atoms with Crippen molar-refractivity contribution in [1.29, 1.82) is 0 Å². The first-order valence-corrected chi connectivity index (χ1v) is 5.60. The number of hydrogen-bond acceptors (Lipinski definition) is 5. The fourth-order valence-corrected chi connectivity index (χ4v) is 1.68. The van der Waals surface area contributed by atoms with E-state index in [1.807, 2.05) is 25.1 Å². The highest BCUT2D eigenvalue weighted by atomic mass is 16.5. The van der Waals surface area contributed by atoms with Crippen LogP contribution in [0.5, 0.6) is 0 Å². The molecule has 2 aromatic heterocycles. The lowest BCUT2D eigenvalue weighted by Crippen LogP contribution is -2.12. The van der Waals surface area contributed by atoms with E-state index in [-0.39, 0.29) is 17.1 Å². The van der Waals surface area contributed by atoms with E-state index in [2.05, 4.69) is 20.1 Å². The van der Waals surface area contributed by atoms with Gasteiger partial charge in [0, 0.05) is 6.42 Å². The van der Waals surface area contributed by atoms with E-state index < -0.39 is 0 Å². The number of nitrogens with zero attached hydrogens (tertiary/aromatic N) is 3. The molecule has 0 radical (unpaired) electrons. The van der Waals surface area contributed by atoms with Crippen LogP contribution in [0.4, 0.5) is 0 Å². The molecule has 3 aromatic rings. The molecule has 0 aliphatic carbocycles. The predicted octanol–water partition coefficient (Wildman–Crippen LogP) is 1.54. The van der Waals surface area contributed by atoms with Crippen LogP contribution < -0.4 is 5.56 Å². The van der Waals surface area contributed by atoms with E-state index in [1.54, 1.807) is 6.07 Å². The molecule has 0 spiro atoms. The Hall–Kier alpha value is -2.50. The van der Waals surface area contributed by atoms with E-state index in [4.69, 9.17) is 4.52 Å². The van der Waals surface area contributed by atoms with Crippen molar-refractivity contribution in [3.05, 3.63) is 40.5 Å². The van der Waals surface area contributed by atoms with Gasteiger partial charge in [-0.2, -0.15) is 4.98 Å². The van der Waals surface area contributed by atoms with Crippen molar-refractivity contribution in [1.82, 2.24) is 20.1 Å². The monoisotopic (exact) mass is 242 g/mol. The number of H-pyrrole nitrogens is 1. The molecule has 6 nitrogen and oxygen atoms in total. The molecule has 0 unspecified atom stereocenters.